The first-order chi connectivity index (χ1) is 13.0. The molecular formula is C20H24N4O4. The Labute approximate surface area is 163 Å². The number of benzene rings is 1. The molecule has 1 aromatic carbocycles. The maximum atomic E-state index is 12.5. The van der Waals surface area contributed by atoms with Gasteiger partial charge in [0.05, 0.1) is 17.8 Å². The standard InChI is InChI=1S/C20H24N4O4/c1-11-14(21-12(2)23(5)18(11)26)10-17(25)22-13-7-8-15-16(9-13)28-20(3,4)19(27)24(15)6/h7-9H,10H2,1-6H3,(H,22,25). The lowest BCUT2D eigenvalue weighted by atomic mass is 10.0. The summed E-state index contributed by atoms with van der Waals surface area (Å²) in [4.78, 5) is 42.8. The van der Waals surface area contributed by atoms with Gasteiger partial charge in [-0.3, -0.25) is 19.0 Å². The smallest absolute Gasteiger partial charge is 0.270 e. The molecule has 2 aromatic rings. The quantitative estimate of drug-likeness (QED) is 0.870. The third-order valence-corrected chi connectivity index (χ3v) is 4.96. The van der Waals surface area contributed by atoms with Crippen molar-refractivity contribution in [2.45, 2.75) is 39.7 Å². The van der Waals surface area contributed by atoms with E-state index in [9.17, 15) is 14.4 Å². The molecule has 1 aliphatic heterocycles. The average Bonchev–Trinajstić information content (AvgIpc) is 2.62. The Balaban J connectivity index is 1.81. The second-order valence-corrected chi connectivity index (χ2v) is 7.48. The van der Waals surface area contributed by atoms with E-state index in [0.717, 1.165) is 0 Å². The summed E-state index contributed by atoms with van der Waals surface area (Å²) in [5.41, 5.74) is 0.958. The molecule has 0 aliphatic carbocycles. The highest BCUT2D eigenvalue weighted by Gasteiger charge is 2.39. The minimum absolute atomic E-state index is 0.00935. The van der Waals surface area contributed by atoms with Crippen LogP contribution in [0.5, 0.6) is 5.75 Å². The van der Waals surface area contributed by atoms with E-state index < -0.39 is 5.60 Å². The monoisotopic (exact) mass is 384 g/mol. The Morgan fingerprint density at radius 1 is 1.21 bits per heavy atom. The molecule has 1 aliphatic rings. The predicted molar refractivity (Wildman–Crippen MR) is 106 cm³/mol. The molecule has 0 spiro atoms. The number of nitrogens with one attached hydrogen (secondary N) is 1. The number of aryl methyl sites for hydroxylation is 1. The Hall–Kier alpha value is -3.16. The summed E-state index contributed by atoms with van der Waals surface area (Å²) in [6.45, 7) is 6.79. The highest BCUT2D eigenvalue weighted by atomic mass is 16.5. The summed E-state index contributed by atoms with van der Waals surface area (Å²) in [6, 6.07) is 5.12. The third-order valence-electron chi connectivity index (χ3n) is 4.96. The zero-order valence-corrected chi connectivity index (χ0v) is 16.9. The SMILES string of the molecule is Cc1c(CC(=O)Nc2ccc3c(c2)OC(C)(C)C(=O)N3C)nc(C)n(C)c1=O. The van der Waals surface area contributed by atoms with Crippen molar-refractivity contribution in [1.82, 2.24) is 9.55 Å². The molecule has 0 unspecified atom stereocenters. The van der Waals surface area contributed by atoms with Gasteiger partial charge >= 0.3 is 0 Å². The van der Waals surface area contributed by atoms with Crippen LogP contribution in [0.1, 0.15) is 30.9 Å². The van der Waals surface area contributed by atoms with E-state index in [1.165, 1.54) is 4.57 Å². The topological polar surface area (TPSA) is 93.5 Å². The maximum Gasteiger partial charge on any atom is 0.270 e. The molecule has 0 bridgehead atoms. The fraction of sp³-hybridized carbons (Fsp3) is 0.400. The maximum absolute atomic E-state index is 12.5. The zero-order valence-electron chi connectivity index (χ0n) is 16.9. The molecular weight excluding hydrogens is 360 g/mol. The van der Waals surface area contributed by atoms with Gasteiger partial charge in [-0.15, -0.1) is 0 Å². The van der Waals surface area contributed by atoms with Gasteiger partial charge in [0.2, 0.25) is 5.91 Å². The summed E-state index contributed by atoms with van der Waals surface area (Å²) in [5.74, 6) is 0.640. The number of carbonyl (C=O) groups excluding carboxylic acids is 2. The van der Waals surface area contributed by atoms with Gasteiger partial charge in [-0.05, 0) is 39.8 Å². The van der Waals surface area contributed by atoms with E-state index >= 15 is 0 Å². The van der Waals surface area contributed by atoms with Crippen LogP contribution in [0, 0.1) is 13.8 Å². The van der Waals surface area contributed by atoms with E-state index in [1.807, 2.05) is 0 Å². The molecule has 3 rings (SSSR count). The van der Waals surface area contributed by atoms with Gasteiger partial charge in [0, 0.05) is 31.4 Å². The number of amides is 2. The highest BCUT2D eigenvalue weighted by Crippen LogP contribution is 2.38. The number of fused-ring (bicyclic) bond motifs is 1. The molecule has 2 heterocycles. The van der Waals surface area contributed by atoms with Crippen LogP contribution in [0.3, 0.4) is 0 Å². The number of rotatable bonds is 3. The van der Waals surface area contributed by atoms with Crippen LogP contribution >= 0.6 is 0 Å². The van der Waals surface area contributed by atoms with Gasteiger partial charge < -0.3 is 15.0 Å². The fourth-order valence-corrected chi connectivity index (χ4v) is 3.19. The normalized spacial score (nSPS) is 15.1. The second kappa shape index (κ2) is 6.78. The molecule has 8 heteroatoms. The second-order valence-electron chi connectivity index (χ2n) is 7.48. The summed E-state index contributed by atoms with van der Waals surface area (Å²) >= 11 is 0. The molecule has 28 heavy (non-hydrogen) atoms. The fourth-order valence-electron chi connectivity index (χ4n) is 3.19. The summed E-state index contributed by atoms with van der Waals surface area (Å²) in [7, 11) is 3.34. The average molecular weight is 384 g/mol. The van der Waals surface area contributed by atoms with Crippen LogP contribution in [0.4, 0.5) is 11.4 Å². The number of hydrogen-bond acceptors (Lipinski definition) is 5. The van der Waals surface area contributed by atoms with Crippen molar-refractivity contribution in [2.24, 2.45) is 7.05 Å². The van der Waals surface area contributed by atoms with Gasteiger partial charge in [-0.25, -0.2) is 4.98 Å². The molecule has 0 saturated heterocycles. The number of carbonyl (C=O) groups is 2. The molecule has 1 aromatic heterocycles. The number of ether oxygens (including phenoxy) is 1. The molecule has 0 atom stereocenters. The van der Waals surface area contributed by atoms with Crippen molar-refractivity contribution in [1.29, 1.82) is 0 Å². The number of aromatic nitrogens is 2. The lowest BCUT2D eigenvalue weighted by molar-refractivity contribution is -0.132. The van der Waals surface area contributed by atoms with Crippen LogP contribution in [0.25, 0.3) is 0 Å². The summed E-state index contributed by atoms with van der Waals surface area (Å²) in [6.07, 6.45) is -0.00935. The predicted octanol–water partition coefficient (Wildman–Crippen LogP) is 1.71. The van der Waals surface area contributed by atoms with Crippen LogP contribution in [0.15, 0.2) is 23.0 Å². The Kier molecular flexibility index (Phi) is 4.74. The molecule has 1 N–H and O–H groups in total. The van der Waals surface area contributed by atoms with Crippen molar-refractivity contribution >= 4 is 23.2 Å². The lowest BCUT2D eigenvalue weighted by Gasteiger charge is -2.37. The molecule has 148 valence electrons. The molecule has 0 fully saturated rings. The Morgan fingerprint density at radius 3 is 2.57 bits per heavy atom. The third kappa shape index (κ3) is 3.37. The van der Waals surface area contributed by atoms with Gasteiger partial charge in [0.15, 0.2) is 5.60 Å². The number of nitrogens with zero attached hydrogens (tertiary/aromatic N) is 3. The van der Waals surface area contributed by atoms with Gasteiger partial charge in [0.25, 0.3) is 11.5 Å². The molecule has 2 amide bonds. The van der Waals surface area contributed by atoms with Crippen LogP contribution in [-0.2, 0) is 23.1 Å². The molecule has 0 saturated carbocycles. The van der Waals surface area contributed by atoms with Crippen LogP contribution in [-0.4, -0.2) is 34.0 Å². The van der Waals surface area contributed by atoms with Crippen molar-refractivity contribution in [2.75, 3.05) is 17.3 Å². The first kappa shape index (κ1) is 19.6. The van der Waals surface area contributed by atoms with E-state index in [2.05, 4.69) is 10.3 Å². The first-order valence-electron chi connectivity index (χ1n) is 8.95. The minimum Gasteiger partial charge on any atom is -0.476 e. The van der Waals surface area contributed by atoms with Crippen molar-refractivity contribution < 1.29 is 14.3 Å². The van der Waals surface area contributed by atoms with E-state index in [0.29, 0.717) is 34.2 Å². The van der Waals surface area contributed by atoms with Gasteiger partial charge in [0.1, 0.15) is 11.6 Å². The van der Waals surface area contributed by atoms with E-state index in [4.69, 9.17) is 4.74 Å². The number of anilines is 2. The van der Waals surface area contributed by atoms with Gasteiger partial charge in [-0.2, -0.15) is 0 Å². The van der Waals surface area contributed by atoms with Crippen molar-refractivity contribution in [3.05, 3.63) is 45.6 Å². The minimum atomic E-state index is -0.979. The van der Waals surface area contributed by atoms with Crippen LogP contribution < -0.4 is 20.5 Å². The zero-order chi connectivity index (χ0) is 20.8. The largest absolute Gasteiger partial charge is 0.476 e. The number of likely N-dealkylation sites (N-methyl/N-ethyl adjacent to an activating group) is 1. The molecule has 0 radical (unpaired) electrons. The first-order valence-corrected chi connectivity index (χ1v) is 8.95. The summed E-state index contributed by atoms with van der Waals surface area (Å²) < 4.78 is 7.26. The van der Waals surface area contributed by atoms with Crippen molar-refractivity contribution in [3.63, 3.8) is 0 Å². The van der Waals surface area contributed by atoms with E-state index in [1.54, 1.807) is 64.9 Å². The van der Waals surface area contributed by atoms with Crippen molar-refractivity contribution in [3.8, 4) is 5.75 Å². The Bertz CT molecular complexity index is 1040. The molecule has 8 nitrogen and oxygen atoms in total. The summed E-state index contributed by atoms with van der Waals surface area (Å²) in [5, 5.41) is 2.80. The number of hydrogen-bond donors (Lipinski definition) is 1. The lowest BCUT2D eigenvalue weighted by Crippen LogP contribution is -2.50. The van der Waals surface area contributed by atoms with E-state index in [-0.39, 0.29) is 23.8 Å². The highest BCUT2D eigenvalue weighted by molar-refractivity contribution is 6.02. The Morgan fingerprint density at radius 2 is 1.89 bits per heavy atom. The van der Waals surface area contributed by atoms with Gasteiger partial charge in [-0.1, -0.05) is 0 Å². The van der Waals surface area contributed by atoms with Crippen LogP contribution in [0.2, 0.25) is 0 Å².